The van der Waals surface area contributed by atoms with Gasteiger partial charge in [-0.3, -0.25) is 0 Å². The van der Waals surface area contributed by atoms with Crippen molar-refractivity contribution in [3.8, 4) is 5.75 Å². The van der Waals surface area contributed by atoms with Crippen LogP contribution in [0.5, 0.6) is 5.75 Å². The Labute approximate surface area is 105 Å². The maximum absolute atomic E-state index is 9.82. The van der Waals surface area contributed by atoms with Crippen molar-refractivity contribution in [1.29, 1.82) is 0 Å². The van der Waals surface area contributed by atoms with Crippen molar-refractivity contribution in [1.82, 2.24) is 0 Å². The molecule has 3 nitrogen and oxygen atoms in total. The summed E-state index contributed by atoms with van der Waals surface area (Å²) in [5.74, 6) is 0.485. The third kappa shape index (κ3) is 2.80. The fraction of sp³-hybridized carbons (Fsp3) is 0.455. The molecular weight excluding hydrogens is 249 g/mol. The molecule has 0 aliphatic carbocycles. The van der Waals surface area contributed by atoms with Crippen LogP contribution in [0.1, 0.15) is 25.5 Å². The predicted molar refractivity (Wildman–Crippen MR) is 66.2 cm³/mol. The number of halogens is 2. The largest absolute Gasteiger partial charge is 0.495 e. The molecule has 0 heterocycles. The van der Waals surface area contributed by atoms with Gasteiger partial charge in [-0.1, -0.05) is 23.2 Å². The Kier molecular flexibility index (Phi) is 4.07. The van der Waals surface area contributed by atoms with E-state index in [9.17, 15) is 5.11 Å². The summed E-state index contributed by atoms with van der Waals surface area (Å²) in [5.41, 5.74) is 5.43. The van der Waals surface area contributed by atoms with Crippen LogP contribution in [-0.4, -0.2) is 17.8 Å². The second-order valence-corrected chi connectivity index (χ2v) is 4.95. The highest BCUT2D eigenvalue weighted by atomic mass is 35.5. The zero-order chi connectivity index (χ0) is 12.5. The molecule has 0 aliphatic heterocycles. The fourth-order valence-corrected chi connectivity index (χ4v) is 1.84. The topological polar surface area (TPSA) is 55.5 Å². The highest BCUT2D eigenvalue weighted by Crippen LogP contribution is 2.36. The molecule has 0 amide bonds. The lowest BCUT2D eigenvalue weighted by molar-refractivity contribution is 0.0517. The van der Waals surface area contributed by atoms with E-state index >= 15 is 0 Å². The third-order valence-corrected chi connectivity index (χ3v) is 2.99. The Hall–Kier alpha value is -0.480. The summed E-state index contributed by atoms with van der Waals surface area (Å²) in [6.45, 7) is 3.23. The number of nitrogens with two attached hydrogens (primary N) is 1. The van der Waals surface area contributed by atoms with Crippen LogP contribution in [0.25, 0.3) is 0 Å². The zero-order valence-corrected chi connectivity index (χ0v) is 10.9. The molecule has 1 aromatic rings. The van der Waals surface area contributed by atoms with E-state index in [1.54, 1.807) is 26.0 Å². The number of ether oxygens (including phenoxy) is 1. The molecule has 16 heavy (non-hydrogen) atoms. The van der Waals surface area contributed by atoms with Crippen molar-refractivity contribution in [2.24, 2.45) is 5.73 Å². The molecule has 3 N–H and O–H groups in total. The maximum Gasteiger partial charge on any atom is 0.138 e. The Bertz CT molecular complexity index is 388. The van der Waals surface area contributed by atoms with Crippen LogP contribution in [0.4, 0.5) is 0 Å². The summed E-state index contributed by atoms with van der Waals surface area (Å²) < 4.78 is 5.03. The van der Waals surface area contributed by atoms with Gasteiger partial charge in [0.15, 0.2) is 0 Å². The van der Waals surface area contributed by atoms with E-state index in [4.69, 9.17) is 33.7 Å². The molecule has 1 unspecified atom stereocenters. The van der Waals surface area contributed by atoms with Gasteiger partial charge in [0.1, 0.15) is 5.75 Å². The van der Waals surface area contributed by atoms with Gasteiger partial charge in [-0.25, -0.2) is 0 Å². The van der Waals surface area contributed by atoms with Crippen molar-refractivity contribution in [2.75, 3.05) is 7.11 Å². The minimum Gasteiger partial charge on any atom is -0.495 e. The van der Waals surface area contributed by atoms with E-state index in [1.165, 1.54) is 7.11 Å². The molecule has 1 atom stereocenters. The van der Waals surface area contributed by atoms with E-state index < -0.39 is 11.6 Å². The summed E-state index contributed by atoms with van der Waals surface area (Å²) in [7, 11) is 1.51. The maximum atomic E-state index is 9.82. The molecule has 0 radical (unpaired) electrons. The second-order valence-electron chi connectivity index (χ2n) is 4.14. The zero-order valence-electron chi connectivity index (χ0n) is 9.42. The van der Waals surface area contributed by atoms with Crippen LogP contribution >= 0.6 is 23.2 Å². The van der Waals surface area contributed by atoms with Crippen molar-refractivity contribution in [3.05, 3.63) is 27.7 Å². The standard InChI is InChI=1S/C11H15Cl2NO2/c1-11(2,15)10(14)6-4-8(13)9(16-3)5-7(6)12/h4-5,10,15H,14H2,1-3H3. The summed E-state index contributed by atoms with van der Waals surface area (Å²) in [4.78, 5) is 0. The molecule has 0 aromatic heterocycles. The Balaban J connectivity index is 3.21. The summed E-state index contributed by atoms with van der Waals surface area (Å²) in [6, 6.07) is 2.60. The normalized spacial score (nSPS) is 13.7. The number of aliphatic hydroxyl groups is 1. The average molecular weight is 264 g/mol. The molecule has 0 aliphatic rings. The Morgan fingerprint density at radius 2 is 1.88 bits per heavy atom. The van der Waals surface area contributed by atoms with Gasteiger partial charge >= 0.3 is 0 Å². The third-order valence-electron chi connectivity index (χ3n) is 2.37. The summed E-state index contributed by atoms with van der Waals surface area (Å²) in [6.07, 6.45) is 0. The van der Waals surface area contributed by atoms with Crippen LogP contribution < -0.4 is 10.5 Å². The number of benzene rings is 1. The van der Waals surface area contributed by atoms with Crippen molar-refractivity contribution < 1.29 is 9.84 Å². The van der Waals surface area contributed by atoms with Crippen LogP contribution in [0.15, 0.2) is 12.1 Å². The molecule has 5 heteroatoms. The highest BCUT2D eigenvalue weighted by molar-refractivity contribution is 6.34. The minimum absolute atomic E-state index is 0.418. The van der Waals surface area contributed by atoms with E-state index in [-0.39, 0.29) is 0 Å². The van der Waals surface area contributed by atoms with Gasteiger partial charge in [0.05, 0.1) is 23.8 Å². The molecule has 0 saturated heterocycles. The van der Waals surface area contributed by atoms with E-state index in [0.29, 0.717) is 21.4 Å². The quantitative estimate of drug-likeness (QED) is 0.882. The van der Waals surface area contributed by atoms with Gasteiger partial charge < -0.3 is 15.6 Å². The molecule has 1 rings (SSSR count). The van der Waals surface area contributed by atoms with E-state index in [2.05, 4.69) is 0 Å². The Morgan fingerprint density at radius 3 is 2.31 bits per heavy atom. The lowest BCUT2D eigenvalue weighted by Crippen LogP contribution is -2.35. The summed E-state index contributed by atoms with van der Waals surface area (Å²) in [5, 5.41) is 10.7. The number of hydrogen-bond donors (Lipinski definition) is 2. The van der Waals surface area contributed by atoms with Crippen LogP contribution in [0.2, 0.25) is 10.0 Å². The molecule has 90 valence electrons. The molecule has 0 spiro atoms. The van der Waals surface area contributed by atoms with Gasteiger partial charge in [-0.15, -0.1) is 0 Å². The molecule has 0 bridgehead atoms. The first-order valence-corrected chi connectivity index (χ1v) is 5.54. The van der Waals surface area contributed by atoms with E-state index in [0.717, 1.165) is 0 Å². The first-order chi connectivity index (χ1) is 7.27. The first kappa shape index (κ1) is 13.6. The van der Waals surface area contributed by atoms with Gasteiger partial charge in [0.25, 0.3) is 0 Å². The number of methoxy groups -OCH3 is 1. The molecular formula is C11H15Cl2NO2. The van der Waals surface area contributed by atoms with Crippen LogP contribution in [0.3, 0.4) is 0 Å². The monoisotopic (exact) mass is 263 g/mol. The summed E-state index contributed by atoms with van der Waals surface area (Å²) >= 11 is 12.0. The van der Waals surface area contributed by atoms with Crippen LogP contribution in [0, 0.1) is 0 Å². The van der Waals surface area contributed by atoms with Gasteiger partial charge in [-0.2, -0.15) is 0 Å². The van der Waals surface area contributed by atoms with Gasteiger partial charge in [0.2, 0.25) is 0 Å². The second kappa shape index (κ2) is 4.80. The smallest absolute Gasteiger partial charge is 0.138 e. The SMILES string of the molecule is COc1cc(Cl)c(C(N)C(C)(C)O)cc1Cl. The fourth-order valence-electron chi connectivity index (χ4n) is 1.32. The van der Waals surface area contributed by atoms with Crippen molar-refractivity contribution in [3.63, 3.8) is 0 Å². The van der Waals surface area contributed by atoms with Crippen LogP contribution in [-0.2, 0) is 0 Å². The molecule has 0 saturated carbocycles. The van der Waals surface area contributed by atoms with Crippen molar-refractivity contribution in [2.45, 2.75) is 25.5 Å². The first-order valence-electron chi connectivity index (χ1n) is 4.78. The average Bonchev–Trinajstić information content (AvgIpc) is 2.18. The van der Waals surface area contributed by atoms with E-state index in [1.807, 2.05) is 0 Å². The molecule has 0 fully saturated rings. The lowest BCUT2D eigenvalue weighted by Gasteiger charge is -2.27. The minimum atomic E-state index is -1.07. The van der Waals surface area contributed by atoms with Crippen molar-refractivity contribution >= 4 is 23.2 Å². The van der Waals surface area contributed by atoms with Gasteiger partial charge in [-0.05, 0) is 25.5 Å². The lowest BCUT2D eigenvalue weighted by atomic mass is 9.93. The highest BCUT2D eigenvalue weighted by Gasteiger charge is 2.27. The Morgan fingerprint density at radius 1 is 1.31 bits per heavy atom. The van der Waals surface area contributed by atoms with Gasteiger partial charge in [0, 0.05) is 11.1 Å². The number of hydrogen-bond acceptors (Lipinski definition) is 3. The number of rotatable bonds is 3. The molecule has 1 aromatic carbocycles. The predicted octanol–water partition coefficient (Wildman–Crippen LogP) is 2.77.